The second-order valence-electron chi connectivity index (χ2n) is 8.54. The van der Waals surface area contributed by atoms with Gasteiger partial charge in [-0.2, -0.15) is 13.2 Å². The number of alkyl halides is 3. The normalized spacial score (nSPS) is 34.8. The Labute approximate surface area is 163 Å². The Morgan fingerprint density at radius 1 is 1.32 bits per heavy atom. The number of fused-ring (bicyclic) bond motifs is 1. The maximum Gasteiger partial charge on any atom is 0.405 e. The number of hydrogen-bond acceptors (Lipinski definition) is 4. The molecule has 4 atom stereocenters. The number of nitrogens with one attached hydrogen (secondary N) is 1. The molecule has 3 rings (SSSR count). The second-order valence-corrected chi connectivity index (χ2v) is 8.54. The molecule has 0 bridgehead atoms. The molecule has 0 spiro atoms. The van der Waals surface area contributed by atoms with Crippen LogP contribution in [-0.4, -0.2) is 31.1 Å². The Bertz CT molecular complexity index is 697. The zero-order valence-electron chi connectivity index (χ0n) is 16.4. The number of halogens is 3. The fourth-order valence-electron chi connectivity index (χ4n) is 5.42. The summed E-state index contributed by atoms with van der Waals surface area (Å²) in [5, 5.41) is 2.43. The van der Waals surface area contributed by atoms with Gasteiger partial charge in [-0.1, -0.05) is 19.4 Å². The van der Waals surface area contributed by atoms with Crippen LogP contribution in [0.2, 0.25) is 0 Å². The van der Waals surface area contributed by atoms with E-state index in [9.17, 15) is 22.8 Å². The van der Waals surface area contributed by atoms with Crippen molar-refractivity contribution in [1.29, 1.82) is 0 Å². The number of rotatable bonds is 5. The molecule has 4 nitrogen and oxygen atoms in total. The standard InChI is InChI=1S/C21H28F3NO3/c1-13-16-5-4-15(11-25-12-21(22,23)24)17(20(16,2)9-7-18(13)26)6-3-14-8-10-28-19(14)27/h8,11,13,16-17,25H,3-7,9-10,12H2,1-2H3/b15-11-/t13-,16?,17-,20+/m1/s1. The van der Waals surface area contributed by atoms with Gasteiger partial charge in [0.15, 0.2) is 0 Å². The summed E-state index contributed by atoms with van der Waals surface area (Å²) in [6.07, 6.45) is 3.01. The summed E-state index contributed by atoms with van der Waals surface area (Å²) in [4.78, 5) is 24.0. The molecule has 0 aromatic rings. The van der Waals surface area contributed by atoms with E-state index in [1.807, 2.05) is 6.92 Å². The molecule has 2 fully saturated rings. The summed E-state index contributed by atoms with van der Waals surface area (Å²) in [6, 6.07) is 0. The van der Waals surface area contributed by atoms with Crippen molar-refractivity contribution in [2.24, 2.45) is 23.2 Å². The average molecular weight is 399 g/mol. The fraction of sp³-hybridized carbons (Fsp3) is 0.714. The van der Waals surface area contributed by atoms with Gasteiger partial charge >= 0.3 is 12.1 Å². The van der Waals surface area contributed by atoms with E-state index >= 15 is 0 Å². The lowest BCUT2D eigenvalue weighted by molar-refractivity contribution is -0.136. The highest BCUT2D eigenvalue weighted by Gasteiger charge is 2.51. The lowest BCUT2D eigenvalue weighted by Crippen LogP contribution is -2.48. The molecule has 1 heterocycles. The van der Waals surface area contributed by atoms with Crippen molar-refractivity contribution in [3.05, 3.63) is 23.4 Å². The zero-order chi connectivity index (χ0) is 20.5. The van der Waals surface area contributed by atoms with Crippen LogP contribution in [0, 0.1) is 23.2 Å². The summed E-state index contributed by atoms with van der Waals surface area (Å²) >= 11 is 0. The van der Waals surface area contributed by atoms with Crippen LogP contribution >= 0.6 is 0 Å². The molecule has 0 radical (unpaired) electrons. The van der Waals surface area contributed by atoms with Gasteiger partial charge in [0, 0.05) is 17.9 Å². The molecular formula is C21H28F3NO3. The van der Waals surface area contributed by atoms with Crippen molar-refractivity contribution < 1.29 is 27.5 Å². The fourth-order valence-corrected chi connectivity index (χ4v) is 5.42. The van der Waals surface area contributed by atoms with Crippen LogP contribution in [0.25, 0.3) is 0 Å². The molecule has 7 heteroatoms. The number of hydrogen-bond donors (Lipinski definition) is 1. The smallest absolute Gasteiger partial charge is 0.405 e. The maximum absolute atomic E-state index is 12.6. The predicted octanol–water partition coefficient (Wildman–Crippen LogP) is 4.32. The Morgan fingerprint density at radius 3 is 2.71 bits per heavy atom. The van der Waals surface area contributed by atoms with Crippen LogP contribution in [0.4, 0.5) is 13.2 Å². The minimum Gasteiger partial charge on any atom is -0.458 e. The molecule has 1 unspecified atom stereocenters. The van der Waals surface area contributed by atoms with E-state index in [0.29, 0.717) is 37.9 Å². The van der Waals surface area contributed by atoms with Crippen molar-refractivity contribution in [3.8, 4) is 0 Å². The van der Waals surface area contributed by atoms with E-state index in [0.717, 1.165) is 18.4 Å². The minimum absolute atomic E-state index is 0.0263. The third-order valence-corrected chi connectivity index (χ3v) is 6.95. The number of ether oxygens (including phenoxy) is 1. The molecule has 0 aromatic carbocycles. The Morgan fingerprint density at radius 2 is 2.07 bits per heavy atom. The van der Waals surface area contributed by atoms with Gasteiger partial charge in [-0.15, -0.1) is 0 Å². The first-order chi connectivity index (χ1) is 13.1. The molecule has 1 N–H and O–H groups in total. The Balaban J connectivity index is 1.82. The lowest BCUT2D eigenvalue weighted by Gasteiger charge is -2.53. The predicted molar refractivity (Wildman–Crippen MR) is 98.1 cm³/mol. The van der Waals surface area contributed by atoms with Gasteiger partial charge in [-0.05, 0) is 61.6 Å². The monoisotopic (exact) mass is 399 g/mol. The number of ketones is 1. The number of carbonyl (C=O) groups excluding carboxylic acids is 2. The first-order valence-corrected chi connectivity index (χ1v) is 10.00. The molecule has 156 valence electrons. The summed E-state index contributed by atoms with van der Waals surface area (Å²) in [6.45, 7) is 3.38. The van der Waals surface area contributed by atoms with Crippen molar-refractivity contribution in [3.63, 3.8) is 0 Å². The van der Waals surface area contributed by atoms with Crippen LogP contribution in [0.15, 0.2) is 23.4 Å². The van der Waals surface area contributed by atoms with Crippen molar-refractivity contribution in [2.45, 2.75) is 58.5 Å². The molecule has 2 aliphatic carbocycles. The minimum atomic E-state index is -4.27. The van der Waals surface area contributed by atoms with E-state index < -0.39 is 12.7 Å². The highest BCUT2D eigenvalue weighted by Crippen LogP contribution is 2.57. The largest absolute Gasteiger partial charge is 0.458 e. The molecule has 2 saturated carbocycles. The molecule has 0 saturated heterocycles. The van der Waals surface area contributed by atoms with Crippen molar-refractivity contribution in [1.82, 2.24) is 5.32 Å². The van der Waals surface area contributed by atoms with Crippen LogP contribution in [0.1, 0.15) is 52.4 Å². The summed E-state index contributed by atoms with van der Waals surface area (Å²) in [5.41, 5.74) is 1.46. The maximum atomic E-state index is 12.6. The van der Waals surface area contributed by atoms with Crippen molar-refractivity contribution in [2.75, 3.05) is 13.2 Å². The lowest BCUT2D eigenvalue weighted by atomic mass is 9.50. The second kappa shape index (κ2) is 7.91. The molecule has 3 aliphatic rings. The number of allylic oxidation sites excluding steroid dienone is 1. The summed E-state index contributed by atoms with van der Waals surface area (Å²) in [5.74, 6) is 0.220. The SMILES string of the molecule is C[C@H]1C(=O)CC[C@@]2(C)C1CC/C(=C/NCC(F)(F)F)[C@H]2CCC1=CCOC1=O. The van der Waals surface area contributed by atoms with E-state index in [1.165, 1.54) is 6.20 Å². The van der Waals surface area contributed by atoms with E-state index in [2.05, 4.69) is 12.2 Å². The zero-order valence-corrected chi connectivity index (χ0v) is 16.4. The summed E-state index contributed by atoms with van der Waals surface area (Å²) in [7, 11) is 0. The van der Waals surface area contributed by atoms with E-state index in [4.69, 9.17) is 4.74 Å². The third-order valence-electron chi connectivity index (χ3n) is 6.95. The number of esters is 1. The van der Waals surface area contributed by atoms with Gasteiger partial charge in [0.1, 0.15) is 18.9 Å². The van der Waals surface area contributed by atoms with E-state index in [-0.39, 0.29) is 34.9 Å². The van der Waals surface area contributed by atoms with Crippen molar-refractivity contribution >= 4 is 11.8 Å². The average Bonchev–Trinajstić information content (AvgIpc) is 3.01. The van der Waals surface area contributed by atoms with E-state index in [1.54, 1.807) is 6.08 Å². The quantitative estimate of drug-likeness (QED) is 0.700. The first kappa shape index (κ1) is 20.9. The van der Waals surface area contributed by atoms with Crippen LogP contribution in [0.3, 0.4) is 0 Å². The molecule has 0 aromatic heterocycles. The molecular weight excluding hydrogens is 371 g/mol. The topological polar surface area (TPSA) is 55.4 Å². The highest BCUT2D eigenvalue weighted by atomic mass is 19.4. The van der Waals surface area contributed by atoms with Gasteiger partial charge in [0.25, 0.3) is 0 Å². The molecule has 0 amide bonds. The van der Waals surface area contributed by atoms with Gasteiger partial charge < -0.3 is 10.1 Å². The first-order valence-electron chi connectivity index (χ1n) is 10.00. The van der Waals surface area contributed by atoms with Gasteiger partial charge in [-0.25, -0.2) is 4.79 Å². The third kappa shape index (κ3) is 4.28. The van der Waals surface area contributed by atoms with Gasteiger partial charge in [0.05, 0.1) is 0 Å². The van der Waals surface area contributed by atoms with Gasteiger partial charge in [0.2, 0.25) is 0 Å². The number of carbonyl (C=O) groups is 2. The highest BCUT2D eigenvalue weighted by molar-refractivity contribution is 5.90. The van der Waals surface area contributed by atoms with Gasteiger partial charge in [-0.3, -0.25) is 4.79 Å². The number of cyclic esters (lactones) is 1. The van der Waals surface area contributed by atoms with Crippen LogP contribution < -0.4 is 5.32 Å². The van der Waals surface area contributed by atoms with Crippen LogP contribution in [-0.2, 0) is 14.3 Å². The summed E-state index contributed by atoms with van der Waals surface area (Å²) < 4.78 is 42.6. The number of Topliss-reactive ketones (excluding diaryl/α,β-unsaturated/α-hetero) is 1. The molecule has 1 aliphatic heterocycles. The Hall–Kier alpha value is -1.79. The Kier molecular flexibility index (Phi) is 5.92. The van der Waals surface area contributed by atoms with Crippen LogP contribution in [0.5, 0.6) is 0 Å². The molecule has 28 heavy (non-hydrogen) atoms.